The largest absolute Gasteiger partial charge is 0.469 e. The molecule has 1 aromatic rings. The second-order valence-electron chi connectivity index (χ2n) is 3.00. The van der Waals surface area contributed by atoms with E-state index in [0.717, 1.165) is 5.69 Å². The highest BCUT2D eigenvalue weighted by molar-refractivity contribution is 7.98. The number of aromatic nitrogens is 1. The summed E-state index contributed by atoms with van der Waals surface area (Å²) in [6, 6.07) is 0. The van der Waals surface area contributed by atoms with Crippen LogP contribution in [0.3, 0.4) is 0 Å². The van der Waals surface area contributed by atoms with E-state index in [1.807, 2.05) is 5.43 Å². The number of carbonyl (C=O) groups excluding carboxylic acids is 2. The van der Waals surface area contributed by atoms with Crippen LogP contribution in [0.1, 0.15) is 21.9 Å². The first-order chi connectivity index (χ1) is 8.17. The third-order valence-electron chi connectivity index (χ3n) is 1.81. The molecule has 0 saturated carbocycles. The molecule has 0 fully saturated rings. The molecule has 0 spiro atoms. The zero-order valence-corrected chi connectivity index (χ0v) is 10.9. The Labute approximate surface area is 107 Å². The molecule has 0 aliphatic heterocycles. The summed E-state index contributed by atoms with van der Waals surface area (Å²) in [6.45, 7) is 0. The molecule has 0 saturated heterocycles. The molecule has 0 radical (unpaired) electrons. The maximum atomic E-state index is 11.1. The molecule has 1 amide bonds. The van der Waals surface area contributed by atoms with Crippen LogP contribution in [0.15, 0.2) is 5.38 Å². The third kappa shape index (κ3) is 4.72. The number of thiazole rings is 1. The number of amides is 1. The van der Waals surface area contributed by atoms with Crippen LogP contribution in [0.4, 0.5) is 0 Å². The molecule has 8 heteroatoms. The van der Waals surface area contributed by atoms with Crippen molar-refractivity contribution in [3.8, 4) is 0 Å². The van der Waals surface area contributed by atoms with Gasteiger partial charge in [0.25, 0.3) is 5.91 Å². The highest BCUT2D eigenvalue weighted by atomic mass is 32.2. The van der Waals surface area contributed by atoms with E-state index in [1.54, 1.807) is 17.1 Å². The number of nitrogens with two attached hydrogens (primary N) is 1. The van der Waals surface area contributed by atoms with Crippen molar-refractivity contribution in [3.05, 3.63) is 16.1 Å². The van der Waals surface area contributed by atoms with E-state index in [4.69, 9.17) is 5.84 Å². The van der Waals surface area contributed by atoms with Crippen molar-refractivity contribution in [2.75, 3.05) is 12.9 Å². The van der Waals surface area contributed by atoms with Crippen LogP contribution in [-0.2, 0) is 15.3 Å². The first-order valence-electron chi connectivity index (χ1n) is 4.77. The van der Waals surface area contributed by atoms with Crippen LogP contribution in [0.25, 0.3) is 0 Å². The van der Waals surface area contributed by atoms with E-state index < -0.39 is 0 Å². The summed E-state index contributed by atoms with van der Waals surface area (Å²) in [7, 11) is 1.37. The Morgan fingerprint density at radius 3 is 3.06 bits per heavy atom. The predicted molar refractivity (Wildman–Crippen MR) is 66.6 cm³/mol. The summed E-state index contributed by atoms with van der Waals surface area (Å²) in [5.74, 6) is 5.71. The fraction of sp³-hybridized carbons (Fsp3) is 0.444. The molecule has 94 valence electrons. The Morgan fingerprint density at radius 2 is 2.41 bits per heavy atom. The fourth-order valence-corrected chi connectivity index (χ4v) is 2.61. The first-order valence-corrected chi connectivity index (χ1v) is 6.80. The number of nitrogens with one attached hydrogen (secondary N) is 1. The SMILES string of the molecule is COC(=O)CCSCc1csc(C(=O)NN)n1. The van der Waals surface area contributed by atoms with Gasteiger partial charge < -0.3 is 4.74 Å². The van der Waals surface area contributed by atoms with Crippen LogP contribution >= 0.6 is 23.1 Å². The van der Waals surface area contributed by atoms with Gasteiger partial charge in [0, 0.05) is 16.9 Å². The molecule has 0 unspecified atom stereocenters. The fourth-order valence-electron chi connectivity index (χ4n) is 0.974. The summed E-state index contributed by atoms with van der Waals surface area (Å²) in [6.07, 6.45) is 0.376. The zero-order chi connectivity index (χ0) is 12.7. The Morgan fingerprint density at radius 1 is 1.65 bits per heavy atom. The summed E-state index contributed by atoms with van der Waals surface area (Å²) < 4.78 is 4.52. The number of methoxy groups -OCH3 is 1. The first kappa shape index (κ1) is 13.9. The number of ether oxygens (including phenoxy) is 1. The molecule has 1 rings (SSSR count). The van der Waals surface area contributed by atoms with Crippen LogP contribution in [0.2, 0.25) is 0 Å². The van der Waals surface area contributed by atoms with Gasteiger partial charge in [0.15, 0.2) is 5.01 Å². The van der Waals surface area contributed by atoms with Crippen LogP contribution < -0.4 is 11.3 Å². The van der Waals surface area contributed by atoms with E-state index in [2.05, 4.69) is 9.72 Å². The van der Waals surface area contributed by atoms with Crippen molar-refractivity contribution in [1.82, 2.24) is 10.4 Å². The molecular formula is C9H13N3O3S2. The van der Waals surface area contributed by atoms with Gasteiger partial charge in [-0.25, -0.2) is 10.8 Å². The molecule has 1 aromatic heterocycles. The van der Waals surface area contributed by atoms with E-state index in [9.17, 15) is 9.59 Å². The minimum Gasteiger partial charge on any atom is -0.469 e. The molecule has 6 nitrogen and oxygen atoms in total. The number of carbonyl (C=O) groups is 2. The second-order valence-corrected chi connectivity index (χ2v) is 4.96. The van der Waals surface area contributed by atoms with Crippen molar-refractivity contribution in [2.45, 2.75) is 12.2 Å². The van der Waals surface area contributed by atoms with Crippen molar-refractivity contribution in [1.29, 1.82) is 0 Å². The van der Waals surface area contributed by atoms with E-state index >= 15 is 0 Å². The smallest absolute Gasteiger partial charge is 0.306 e. The lowest BCUT2D eigenvalue weighted by molar-refractivity contribution is -0.140. The van der Waals surface area contributed by atoms with Crippen molar-refractivity contribution in [2.24, 2.45) is 5.84 Å². The van der Waals surface area contributed by atoms with Crippen LogP contribution in [-0.4, -0.2) is 29.7 Å². The number of thioether (sulfide) groups is 1. The summed E-state index contributed by atoms with van der Waals surface area (Å²) in [5.41, 5.74) is 2.83. The lowest BCUT2D eigenvalue weighted by Crippen LogP contribution is -2.29. The van der Waals surface area contributed by atoms with Crippen molar-refractivity contribution in [3.63, 3.8) is 0 Å². The Hall–Kier alpha value is -1.12. The molecule has 0 aliphatic rings. The average molecular weight is 275 g/mol. The quantitative estimate of drug-likeness (QED) is 0.259. The number of nitrogens with zero attached hydrogens (tertiary/aromatic N) is 1. The minimum atomic E-state index is -0.388. The average Bonchev–Trinajstić information content (AvgIpc) is 2.82. The van der Waals surface area contributed by atoms with E-state index in [0.29, 0.717) is 22.9 Å². The van der Waals surface area contributed by atoms with Gasteiger partial charge in [0.05, 0.1) is 19.2 Å². The number of hydrogen-bond acceptors (Lipinski definition) is 7. The molecule has 0 aromatic carbocycles. The molecular weight excluding hydrogens is 262 g/mol. The molecule has 0 bridgehead atoms. The monoisotopic (exact) mass is 275 g/mol. The standard InChI is InChI=1S/C9H13N3O3S2/c1-15-7(13)2-3-16-4-6-5-17-9(11-6)8(14)12-10/h5H,2-4,10H2,1H3,(H,12,14). The second kappa shape index (κ2) is 7.25. The Kier molecular flexibility index (Phi) is 5.95. The topological polar surface area (TPSA) is 94.3 Å². The Balaban J connectivity index is 2.30. The van der Waals surface area contributed by atoms with Gasteiger partial charge in [-0.1, -0.05) is 0 Å². The van der Waals surface area contributed by atoms with Gasteiger partial charge in [-0.2, -0.15) is 11.8 Å². The normalized spacial score (nSPS) is 10.0. The maximum Gasteiger partial charge on any atom is 0.306 e. The molecule has 3 N–H and O–H groups in total. The van der Waals surface area contributed by atoms with Crippen molar-refractivity contribution >= 4 is 35.0 Å². The van der Waals surface area contributed by atoms with Gasteiger partial charge in [0.1, 0.15) is 0 Å². The van der Waals surface area contributed by atoms with Crippen molar-refractivity contribution < 1.29 is 14.3 Å². The van der Waals surface area contributed by atoms with Crippen LogP contribution in [0, 0.1) is 0 Å². The summed E-state index contributed by atoms with van der Waals surface area (Å²) in [4.78, 5) is 26.1. The lowest BCUT2D eigenvalue weighted by Gasteiger charge is -1.98. The van der Waals surface area contributed by atoms with Gasteiger partial charge in [-0.05, 0) is 0 Å². The number of nitrogen functional groups attached to an aromatic ring is 1. The Bertz CT molecular complexity index is 395. The van der Waals surface area contributed by atoms with E-state index in [-0.39, 0.29) is 11.9 Å². The predicted octanol–water partition coefficient (Wildman–Crippen LogP) is 0.543. The van der Waals surface area contributed by atoms with Crippen LogP contribution in [0.5, 0.6) is 0 Å². The molecule has 0 atom stereocenters. The number of hydrogen-bond donors (Lipinski definition) is 2. The summed E-state index contributed by atoms with van der Waals surface area (Å²) >= 11 is 2.81. The lowest BCUT2D eigenvalue weighted by atomic mass is 10.5. The number of rotatable bonds is 6. The molecule has 1 heterocycles. The highest BCUT2D eigenvalue weighted by Crippen LogP contribution is 2.16. The summed E-state index contributed by atoms with van der Waals surface area (Å²) in [5, 5.41) is 2.14. The maximum absolute atomic E-state index is 11.1. The van der Waals surface area contributed by atoms with Gasteiger partial charge in [0.2, 0.25) is 0 Å². The van der Waals surface area contributed by atoms with Gasteiger partial charge in [-0.3, -0.25) is 15.0 Å². The highest BCUT2D eigenvalue weighted by Gasteiger charge is 2.09. The van der Waals surface area contributed by atoms with Gasteiger partial charge in [-0.15, -0.1) is 11.3 Å². The number of hydrazine groups is 1. The van der Waals surface area contributed by atoms with E-state index in [1.165, 1.54) is 18.4 Å². The third-order valence-corrected chi connectivity index (χ3v) is 3.69. The molecule has 17 heavy (non-hydrogen) atoms. The minimum absolute atomic E-state index is 0.223. The number of esters is 1. The zero-order valence-electron chi connectivity index (χ0n) is 9.26. The molecule has 0 aliphatic carbocycles. The van der Waals surface area contributed by atoms with Gasteiger partial charge >= 0.3 is 5.97 Å².